The average molecular weight is 240 g/mol. The molecular formula is C16H20N2. The molecule has 0 spiro atoms. The third-order valence-electron chi connectivity index (χ3n) is 3.14. The van der Waals surface area contributed by atoms with Gasteiger partial charge in [0, 0.05) is 18.4 Å². The van der Waals surface area contributed by atoms with Gasteiger partial charge in [-0.15, -0.1) is 0 Å². The quantitative estimate of drug-likeness (QED) is 0.890. The number of aromatic nitrogens is 1. The molecule has 0 aliphatic carbocycles. The highest BCUT2D eigenvalue weighted by molar-refractivity contribution is 5.30. The zero-order chi connectivity index (χ0) is 13.0. The van der Waals surface area contributed by atoms with E-state index in [0.717, 1.165) is 12.8 Å². The van der Waals surface area contributed by atoms with Gasteiger partial charge in [0.2, 0.25) is 0 Å². The maximum absolute atomic E-state index is 6.26. The van der Waals surface area contributed by atoms with E-state index in [0.29, 0.717) is 0 Å². The van der Waals surface area contributed by atoms with E-state index < -0.39 is 0 Å². The highest BCUT2D eigenvalue weighted by Gasteiger charge is 2.07. The standard InChI is InChI=1S/C16H20N2/c1-12-8-13(2)10-15(9-12)16(17)6-5-14-4-3-7-18-11-14/h3-4,7-11,16H,5-6,17H2,1-2H3. The summed E-state index contributed by atoms with van der Waals surface area (Å²) < 4.78 is 0. The van der Waals surface area contributed by atoms with Crippen LogP contribution in [0.15, 0.2) is 42.7 Å². The molecule has 0 aliphatic rings. The minimum absolute atomic E-state index is 0.101. The maximum Gasteiger partial charge on any atom is 0.0299 e. The van der Waals surface area contributed by atoms with E-state index in [-0.39, 0.29) is 6.04 Å². The molecule has 2 N–H and O–H groups in total. The third-order valence-corrected chi connectivity index (χ3v) is 3.14. The predicted octanol–water partition coefficient (Wildman–Crippen LogP) is 3.33. The smallest absolute Gasteiger partial charge is 0.0299 e. The van der Waals surface area contributed by atoms with Crippen molar-refractivity contribution >= 4 is 0 Å². The van der Waals surface area contributed by atoms with Gasteiger partial charge in [0.15, 0.2) is 0 Å². The SMILES string of the molecule is Cc1cc(C)cc(C(N)CCc2cccnc2)c1. The van der Waals surface area contributed by atoms with E-state index in [1.54, 1.807) is 6.20 Å². The minimum Gasteiger partial charge on any atom is -0.324 e. The van der Waals surface area contributed by atoms with Crippen molar-refractivity contribution in [2.75, 3.05) is 0 Å². The first kappa shape index (κ1) is 12.8. The van der Waals surface area contributed by atoms with E-state index in [2.05, 4.69) is 43.1 Å². The van der Waals surface area contributed by atoms with Crippen LogP contribution in [0.1, 0.15) is 34.7 Å². The molecule has 0 aliphatic heterocycles. The van der Waals surface area contributed by atoms with Gasteiger partial charge < -0.3 is 5.73 Å². The number of nitrogens with two attached hydrogens (primary N) is 1. The van der Waals surface area contributed by atoms with Gasteiger partial charge in [0.1, 0.15) is 0 Å². The lowest BCUT2D eigenvalue weighted by Gasteiger charge is -2.13. The molecule has 0 amide bonds. The summed E-state index contributed by atoms with van der Waals surface area (Å²) in [6, 6.07) is 10.7. The average Bonchev–Trinajstić information content (AvgIpc) is 2.36. The van der Waals surface area contributed by atoms with Gasteiger partial charge in [0.25, 0.3) is 0 Å². The van der Waals surface area contributed by atoms with E-state index in [4.69, 9.17) is 5.73 Å². The minimum atomic E-state index is 0.101. The summed E-state index contributed by atoms with van der Waals surface area (Å²) >= 11 is 0. The summed E-state index contributed by atoms with van der Waals surface area (Å²) in [5.74, 6) is 0. The van der Waals surface area contributed by atoms with Crippen LogP contribution in [0.2, 0.25) is 0 Å². The van der Waals surface area contributed by atoms with Gasteiger partial charge in [-0.1, -0.05) is 35.4 Å². The molecule has 18 heavy (non-hydrogen) atoms. The second-order valence-electron chi connectivity index (χ2n) is 4.93. The molecule has 1 aromatic heterocycles. The number of hydrogen-bond donors (Lipinski definition) is 1. The normalized spacial score (nSPS) is 12.4. The molecule has 2 rings (SSSR count). The second kappa shape index (κ2) is 5.78. The van der Waals surface area contributed by atoms with Crippen LogP contribution in [0, 0.1) is 13.8 Å². The Bertz CT molecular complexity index is 486. The molecule has 94 valence electrons. The molecular weight excluding hydrogens is 220 g/mol. The summed E-state index contributed by atoms with van der Waals surface area (Å²) in [6.45, 7) is 4.23. The predicted molar refractivity (Wildman–Crippen MR) is 75.4 cm³/mol. The Hall–Kier alpha value is -1.67. The topological polar surface area (TPSA) is 38.9 Å². The fourth-order valence-electron chi connectivity index (χ4n) is 2.26. The van der Waals surface area contributed by atoms with Crippen molar-refractivity contribution in [2.45, 2.75) is 32.7 Å². The van der Waals surface area contributed by atoms with Crippen LogP contribution in [0.5, 0.6) is 0 Å². The van der Waals surface area contributed by atoms with Crippen LogP contribution in [-0.2, 0) is 6.42 Å². The lowest BCUT2D eigenvalue weighted by Crippen LogP contribution is -2.11. The second-order valence-corrected chi connectivity index (χ2v) is 4.93. The van der Waals surface area contributed by atoms with E-state index in [1.807, 2.05) is 12.3 Å². The first-order valence-electron chi connectivity index (χ1n) is 6.38. The van der Waals surface area contributed by atoms with Crippen LogP contribution >= 0.6 is 0 Å². The van der Waals surface area contributed by atoms with Crippen molar-refractivity contribution in [1.29, 1.82) is 0 Å². The van der Waals surface area contributed by atoms with Crippen LogP contribution in [0.25, 0.3) is 0 Å². The number of pyridine rings is 1. The summed E-state index contributed by atoms with van der Waals surface area (Å²) in [6.07, 6.45) is 5.64. The van der Waals surface area contributed by atoms with Crippen molar-refractivity contribution in [1.82, 2.24) is 4.98 Å². The van der Waals surface area contributed by atoms with Crippen molar-refractivity contribution in [3.63, 3.8) is 0 Å². The monoisotopic (exact) mass is 240 g/mol. The molecule has 2 aromatic rings. The molecule has 2 nitrogen and oxygen atoms in total. The summed E-state index contributed by atoms with van der Waals surface area (Å²) in [4.78, 5) is 4.12. The Morgan fingerprint density at radius 3 is 2.50 bits per heavy atom. The summed E-state index contributed by atoms with van der Waals surface area (Å²) in [5.41, 5.74) is 11.3. The van der Waals surface area contributed by atoms with Crippen LogP contribution < -0.4 is 5.73 Å². The Labute approximate surface area is 109 Å². The zero-order valence-electron chi connectivity index (χ0n) is 11.1. The largest absolute Gasteiger partial charge is 0.324 e. The van der Waals surface area contributed by atoms with E-state index in [1.165, 1.54) is 22.3 Å². The number of nitrogens with zero attached hydrogens (tertiary/aromatic N) is 1. The highest BCUT2D eigenvalue weighted by atomic mass is 14.6. The Morgan fingerprint density at radius 1 is 1.17 bits per heavy atom. The van der Waals surface area contributed by atoms with Crippen molar-refractivity contribution in [3.8, 4) is 0 Å². The molecule has 1 heterocycles. The van der Waals surface area contributed by atoms with Crippen molar-refractivity contribution in [3.05, 3.63) is 65.0 Å². The maximum atomic E-state index is 6.26. The van der Waals surface area contributed by atoms with Gasteiger partial charge in [0.05, 0.1) is 0 Å². The Morgan fingerprint density at radius 2 is 1.89 bits per heavy atom. The van der Waals surface area contributed by atoms with Crippen molar-refractivity contribution < 1.29 is 0 Å². The number of rotatable bonds is 4. The lowest BCUT2D eigenvalue weighted by atomic mass is 9.97. The van der Waals surface area contributed by atoms with Gasteiger partial charge >= 0.3 is 0 Å². The fraction of sp³-hybridized carbons (Fsp3) is 0.312. The molecule has 1 atom stereocenters. The molecule has 1 aromatic carbocycles. The molecule has 0 saturated carbocycles. The van der Waals surface area contributed by atoms with Gasteiger partial charge in [-0.25, -0.2) is 0 Å². The zero-order valence-corrected chi connectivity index (χ0v) is 11.1. The van der Waals surface area contributed by atoms with Gasteiger partial charge in [-0.2, -0.15) is 0 Å². The lowest BCUT2D eigenvalue weighted by molar-refractivity contribution is 0.649. The molecule has 0 fully saturated rings. The third kappa shape index (κ3) is 3.41. The van der Waals surface area contributed by atoms with E-state index >= 15 is 0 Å². The molecule has 0 bridgehead atoms. The molecule has 0 radical (unpaired) electrons. The van der Waals surface area contributed by atoms with Crippen LogP contribution in [0.3, 0.4) is 0 Å². The molecule has 0 saturated heterocycles. The van der Waals surface area contributed by atoms with Crippen LogP contribution in [-0.4, -0.2) is 4.98 Å². The number of benzene rings is 1. The van der Waals surface area contributed by atoms with Gasteiger partial charge in [-0.05, 0) is 43.9 Å². The number of hydrogen-bond acceptors (Lipinski definition) is 2. The fourth-order valence-corrected chi connectivity index (χ4v) is 2.26. The first-order valence-corrected chi connectivity index (χ1v) is 6.38. The van der Waals surface area contributed by atoms with E-state index in [9.17, 15) is 0 Å². The Kier molecular flexibility index (Phi) is 4.11. The number of aryl methyl sites for hydroxylation is 3. The molecule has 2 heteroatoms. The first-order chi connectivity index (χ1) is 8.65. The highest BCUT2D eigenvalue weighted by Crippen LogP contribution is 2.19. The van der Waals surface area contributed by atoms with Crippen LogP contribution in [0.4, 0.5) is 0 Å². The van der Waals surface area contributed by atoms with Gasteiger partial charge in [-0.3, -0.25) is 4.98 Å². The Balaban J connectivity index is 2.01. The summed E-state index contributed by atoms with van der Waals surface area (Å²) in [7, 11) is 0. The molecule has 1 unspecified atom stereocenters. The summed E-state index contributed by atoms with van der Waals surface area (Å²) in [5, 5.41) is 0. The van der Waals surface area contributed by atoms with Crippen molar-refractivity contribution in [2.24, 2.45) is 5.73 Å².